The normalized spacial score (nSPS) is 19.6. The molecule has 0 spiro atoms. The molecule has 7 nitrogen and oxygen atoms in total. The highest BCUT2D eigenvalue weighted by atomic mass is 16.6. The highest BCUT2D eigenvalue weighted by Gasteiger charge is 2.28. The van der Waals surface area contributed by atoms with Gasteiger partial charge in [-0.1, -0.05) is 12.1 Å². The maximum Gasteiger partial charge on any atom is 0.292 e. The molecule has 1 aromatic rings. The van der Waals surface area contributed by atoms with E-state index in [1.807, 2.05) is 0 Å². The fourth-order valence-electron chi connectivity index (χ4n) is 1.93. The molecule has 0 aromatic heterocycles. The van der Waals surface area contributed by atoms with Crippen molar-refractivity contribution in [1.82, 2.24) is 0 Å². The molecular weight excluding hydrogens is 238 g/mol. The van der Waals surface area contributed by atoms with Gasteiger partial charge in [-0.15, -0.1) is 0 Å². The van der Waals surface area contributed by atoms with Gasteiger partial charge in [0.25, 0.3) is 5.69 Å². The summed E-state index contributed by atoms with van der Waals surface area (Å²) < 4.78 is 5.21. The Hall–Kier alpha value is -2.15. The van der Waals surface area contributed by atoms with Crippen molar-refractivity contribution in [1.29, 1.82) is 0 Å². The SMILES string of the molecule is NC(=O)C1CN(c2ccccc2[N+](=O)[O-])CCO1. The van der Waals surface area contributed by atoms with E-state index in [1.165, 1.54) is 6.07 Å². The van der Waals surface area contributed by atoms with Crippen LogP contribution in [0.25, 0.3) is 0 Å². The molecule has 18 heavy (non-hydrogen) atoms. The molecular formula is C11H13N3O4. The zero-order valence-electron chi connectivity index (χ0n) is 9.61. The van der Waals surface area contributed by atoms with Crippen molar-refractivity contribution in [3.63, 3.8) is 0 Å². The van der Waals surface area contributed by atoms with Crippen molar-refractivity contribution in [3.05, 3.63) is 34.4 Å². The smallest absolute Gasteiger partial charge is 0.292 e. The second-order valence-corrected chi connectivity index (χ2v) is 3.95. The summed E-state index contributed by atoms with van der Waals surface area (Å²) in [7, 11) is 0. The largest absolute Gasteiger partial charge is 0.367 e. The fourth-order valence-corrected chi connectivity index (χ4v) is 1.93. The van der Waals surface area contributed by atoms with E-state index in [-0.39, 0.29) is 12.2 Å². The zero-order chi connectivity index (χ0) is 13.1. The summed E-state index contributed by atoms with van der Waals surface area (Å²) in [6.45, 7) is 1.05. The minimum Gasteiger partial charge on any atom is -0.367 e. The molecule has 0 radical (unpaired) electrons. The van der Waals surface area contributed by atoms with E-state index in [0.29, 0.717) is 18.8 Å². The number of para-hydroxylation sites is 2. The van der Waals surface area contributed by atoms with Gasteiger partial charge in [0.15, 0.2) is 6.10 Å². The van der Waals surface area contributed by atoms with E-state index in [2.05, 4.69) is 0 Å². The van der Waals surface area contributed by atoms with Crippen molar-refractivity contribution >= 4 is 17.3 Å². The van der Waals surface area contributed by atoms with Gasteiger partial charge in [0, 0.05) is 12.6 Å². The first-order valence-corrected chi connectivity index (χ1v) is 5.49. The third-order valence-corrected chi connectivity index (χ3v) is 2.80. The average Bonchev–Trinajstić information content (AvgIpc) is 2.39. The van der Waals surface area contributed by atoms with Crippen LogP contribution in [0.2, 0.25) is 0 Å². The third-order valence-electron chi connectivity index (χ3n) is 2.80. The molecule has 1 saturated heterocycles. The molecule has 1 aliphatic rings. The summed E-state index contributed by atoms with van der Waals surface area (Å²) in [5, 5.41) is 10.9. The van der Waals surface area contributed by atoms with Crippen LogP contribution in [0.1, 0.15) is 0 Å². The number of benzene rings is 1. The molecule has 1 amide bonds. The Morgan fingerprint density at radius 2 is 2.22 bits per heavy atom. The van der Waals surface area contributed by atoms with Crippen molar-refractivity contribution < 1.29 is 14.5 Å². The predicted octanol–water partition coefficient (Wildman–Crippen LogP) is 0.285. The number of nitrogens with two attached hydrogens (primary N) is 1. The number of ether oxygens (including phenoxy) is 1. The third kappa shape index (κ3) is 2.40. The van der Waals surface area contributed by atoms with Crippen LogP contribution in [-0.2, 0) is 9.53 Å². The predicted molar refractivity (Wildman–Crippen MR) is 64.2 cm³/mol. The monoisotopic (exact) mass is 251 g/mol. The van der Waals surface area contributed by atoms with Gasteiger partial charge in [-0.3, -0.25) is 14.9 Å². The first-order chi connectivity index (χ1) is 8.59. The molecule has 1 aromatic carbocycles. The number of anilines is 1. The zero-order valence-corrected chi connectivity index (χ0v) is 9.61. The lowest BCUT2D eigenvalue weighted by molar-refractivity contribution is -0.384. The number of nitro groups is 1. The van der Waals surface area contributed by atoms with Gasteiger partial charge >= 0.3 is 0 Å². The standard InChI is InChI=1S/C11H13N3O4/c12-11(15)10-7-13(5-6-18-10)8-3-1-2-4-9(8)14(16)17/h1-4,10H,5-7H2,(H2,12,15). The van der Waals surface area contributed by atoms with Gasteiger partial charge in [0.1, 0.15) is 5.69 Å². The topological polar surface area (TPSA) is 98.7 Å². The molecule has 0 bridgehead atoms. The molecule has 7 heteroatoms. The summed E-state index contributed by atoms with van der Waals surface area (Å²) in [6, 6.07) is 6.41. The number of nitro benzene ring substituents is 1. The number of nitrogens with zero attached hydrogens (tertiary/aromatic N) is 2. The fraction of sp³-hybridized carbons (Fsp3) is 0.364. The van der Waals surface area contributed by atoms with E-state index in [0.717, 1.165) is 0 Å². The minimum atomic E-state index is -0.724. The molecule has 2 N–H and O–H groups in total. The minimum absolute atomic E-state index is 0.0163. The van der Waals surface area contributed by atoms with Crippen LogP contribution in [0.15, 0.2) is 24.3 Å². The number of carbonyl (C=O) groups is 1. The van der Waals surface area contributed by atoms with Gasteiger partial charge in [-0.05, 0) is 6.07 Å². The van der Waals surface area contributed by atoms with Gasteiger partial charge in [0.05, 0.1) is 18.1 Å². The van der Waals surface area contributed by atoms with Crippen LogP contribution >= 0.6 is 0 Å². The molecule has 0 aliphatic carbocycles. The quantitative estimate of drug-likeness (QED) is 0.614. The maximum absolute atomic E-state index is 11.1. The molecule has 1 heterocycles. The number of primary amides is 1. The van der Waals surface area contributed by atoms with Crippen LogP contribution in [0.4, 0.5) is 11.4 Å². The molecule has 1 aliphatic heterocycles. The van der Waals surface area contributed by atoms with Crippen LogP contribution in [0, 0.1) is 10.1 Å². The van der Waals surface area contributed by atoms with Crippen LogP contribution < -0.4 is 10.6 Å². The highest BCUT2D eigenvalue weighted by molar-refractivity contribution is 5.80. The number of morpholine rings is 1. The maximum atomic E-state index is 11.1. The highest BCUT2D eigenvalue weighted by Crippen LogP contribution is 2.28. The summed E-state index contributed by atoms with van der Waals surface area (Å²) >= 11 is 0. The Balaban J connectivity index is 2.26. The summed E-state index contributed by atoms with van der Waals surface area (Å²) in [6.07, 6.45) is -0.724. The van der Waals surface area contributed by atoms with Crippen molar-refractivity contribution in [2.45, 2.75) is 6.10 Å². The van der Waals surface area contributed by atoms with Gasteiger partial charge < -0.3 is 15.4 Å². The lowest BCUT2D eigenvalue weighted by Gasteiger charge is -2.32. The van der Waals surface area contributed by atoms with Crippen molar-refractivity contribution in [2.24, 2.45) is 5.73 Å². The number of carbonyl (C=O) groups excluding carboxylic acids is 1. The first kappa shape index (κ1) is 12.3. The number of hydrogen-bond donors (Lipinski definition) is 1. The van der Waals surface area contributed by atoms with Gasteiger partial charge in [-0.2, -0.15) is 0 Å². The van der Waals surface area contributed by atoms with E-state index < -0.39 is 16.9 Å². The second kappa shape index (κ2) is 5.01. The van der Waals surface area contributed by atoms with Crippen LogP contribution in [-0.4, -0.2) is 36.6 Å². The molecule has 1 fully saturated rings. The number of rotatable bonds is 3. The Morgan fingerprint density at radius 3 is 2.89 bits per heavy atom. The van der Waals surface area contributed by atoms with Crippen LogP contribution in [0.5, 0.6) is 0 Å². The van der Waals surface area contributed by atoms with E-state index in [4.69, 9.17) is 10.5 Å². The van der Waals surface area contributed by atoms with Crippen molar-refractivity contribution in [3.8, 4) is 0 Å². The Kier molecular flexibility index (Phi) is 3.42. The van der Waals surface area contributed by atoms with E-state index in [1.54, 1.807) is 23.1 Å². The number of amides is 1. The Labute approximate surface area is 103 Å². The second-order valence-electron chi connectivity index (χ2n) is 3.95. The molecule has 1 atom stereocenters. The van der Waals surface area contributed by atoms with Gasteiger partial charge in [-0.25, -0.2) is 0 Å². The molecule has 0 saturated carbocycles. The molecule has 2 rings (SSSR count). The van der Waals surface area contributed by atoms with Crippen LogP contribution in [0.3, 0.4) is 0 Å². The average molecular weight is 251 g/mol. The first-order valence-electron chi connectivity index (χ1n) is 5.49. The van der Waals surface area contributed by atoms with E-state index >= 15 is 0 Å². The number of hydrogen-bond acceptors (Lipinski definition) is 5. The molecule has 1 unspecified atom stereocenters. The summed E-state index contributed by atoms with van der Waals surface area (Å²) in [5.41, 5.74) is 5.68. The Bertz CT molecular complexity index is 477. The van der Waals surface area contributed by atoms with E-state index in [9.17, 15) is 14.9 Å². The Morgan fingerprint density at radius 1 is 1.50 bits per heavy atom. The van der Waals surface area contributed by atoms with Crippen molar-refractivity contribution in [2.75, 3.05) is 24.6 Å². The lowest BCUT2D eigenvalue weighted by Crippen LogP contribution is -2.48. The van der Waals surface area contributed by atoms with Gasteiger partial charge in [0.2, 0.25) is 5.91 Å². The molecule has 96 valence electrons. The lowest BCUT2D eigenvalue weighted by atomic mass is 10.2. The summed E-state index contributed by atoms with van der Waals surface area (Å²) in [5.74, 6) is -0.557. The summed E-state index contributed by atoms with van der Waals surface area (Å²) in [4.78, 5) is 23.3.